The number of ether oxygens (including phenoxy) is 3. The summed E-state index contributed by atoms with van der Waals surface area (Å²) >= 11 is 5.99. The molecule has 1 heterocycles. The monoisotopic (exact) mass is 340 g/mol. The standard InChI is InChI=1S/C18H25ClO4/c1-3-21-17(20)23-18(13-22-18)12-14(2)7-4-5-8-15-9-6-10-16(19)11-15/h6,9-11,14H,3-5,7-8,12-13H2,1-2H3. The zero-order valence-corrected chi connectivity index (χ0v) is 14.6. The van der Waals surface area contributed by atoms with Crippen LogP contribution in [0, 0.1) is 5.92 Å². The van der Waals surface area contributed by atoms with Gasteiger partial charge in [0.2, 0.25) is 5.79 Å². The number of aryl methyl sites for hydroxylation is 1. The van der Waals surface area contributed by atoms with Gasteiger partial charge in [0, 0.05) is 11.4 Å². The highest BCUT2D eigenvalue weighted by Crippen LogP contribution is 2.37. The molecule has 0 bridgehead atoms. The Bertz CT molecular complexity index is 513. The molecule has 0 aliphatic carbocycles. The van der Waals surface area contributed by atoms with Crippen LogP contribution in [0.15, 0.2) is 24.3 Å². The average Bonchev–Trinajstić information content (AvgIpc) is 3.23. The lowest BCUT2D eigenvalue weighted by atomic mass is 9.96. The first kappa shape index (κ1) is 18.1. The maximum Gasteiger partial charge on any atom is 0.510 e. The van der Waals surface area contributed by atoms with E-state index in [0.717, 1.165) is 37.1 Å². The summed E-state index contributed by atoms with van der Waals surface area (Å²) in [4.78, 5) is 11.4. The lowest BCUT2D eigenvalue weighted by Crippen LogP contribution is -2.24. The van der Waals surface area contributed by atoms with Crippen molar-refractivity contribution in [3.8, 4) is 0 Å². The highest BCUT2D eigenvalue weighted by molar-refractivity contribution is 6.30. The molecule has 5 heteroatoms. The molecule has 0 radical (unpaired) electrons. The van der Waals surface area contributed by atoms with Gasteiger partial charge in [-0.05, 0) is 43.4 Å². The Morgan fingerprint density at radius 1 is 1.43 bits per heavy atom. The number of epoxide rings is 1. The quantitative estimate of drug-likeness (QED) is 0.361. The van der Waals surface area contributed by atoms with Crippen molar-refractivity contribution in [1.82, 2.24) is 0 Å². The van der Waals surface area contributed by atoms with Gasteiger partial charge in [-0.1, -0.05) is 43.5 Å². The van der Waals surface area contributed by atoms with Crippen molar-refractivity contribution in [1.29, 1.82) is 0 Å². The first-order valence-corrected chi connectivity index (χ1v) is 8.65. The zero-order chi connectivity index (χ0) is 16.7. The number of hydrogen-bond acceptors (Lipinski definition) is 4. The fourth-order valence-corrected chi connectivity index (χ4v) is 2.96. The number of unbranched alkanes of at least 4 members (excludes halogenated alkanes) is 1. The summed E-state index contributed by atoms with van der Waals surface area (Å²) in [5.41, 5.74) is 1.28. The van der Waals surface area contributed by atoms with Gasteiger partial charge in [0.25, 0.3) is 0 Å². The highest BCUT2D eigenvalue weighted by atomic mass is 35.5. The van der Waals surface area contributed by atoms with Gasteiger partial charge in [0.15, 0.2) is 0 Å². The molecule has 1 fully saturated rings. The minimum atomic E-state index is -0.737. The number of hydrogen-bond donors (Lipinski definition) is 0. The second-order valence-electron chi connectivity index (χ2n) is 6.17. The molecule has 0 aromatic heterocycles. The summed E-state index contributed by atoms with van der Waals surface area (Å²) in [6.45, 7) is 4.70. The van der Waals surface area contributed by atoms with Gasteiger partial charge < -0.3 is 14.2 Å². The minimum Gasteiger partial charge on any atom is -0.435 e. The van der Waals surface area contributed by atoms with E-state index in [-0.39, 0.29) is 0 Å². The third kappa shape index (κ3) is 6.40. The van der Waals surface area contributed by atoms with E-state index < -0.39 is 11.9 Å². The molecule has 23 heavy (non-hydrogen) atoms. The first-order chi connectivity index (χ1) is 11.0. The van der Waals surface area contributed by atoms with E-state index in [9.17, 15) is 4.79 Å². The molecule has 0 spiro atoms. The van der Waals surface area contributed by atoms with E-state index in [1.54, 1.807) is 6.92 Å². The van der Waals surface area contributed by atoms with Gasteiger partial charge in [0.1, 0.15) is 6.61 Å². The predicted molar refractivity (Wildman–Crippen MR) is 89.6 cm³/mol. The molecule has 2 unspecified atom stereocenters. The predicted octanol–water partition coefficient (Wildman–Crippen LogP) is 4.98. The van der Waals surface area contributed by atoms with Crippen LogP contribution in [0.5, 0.6) is 0 Å². The zero-order valence-electron chi connectivity index (χ0n) is 13.8. The van der Waals surface area contributed by atoms with E-state index in [1.165, 1.54) is 5.56 Å². The molecule has 1 aromatic rings. The van der Waals surface area contributed by atoms with E-state index in [4.69, 9.17) is 25.8 Å². The smallest absolute Gasteiger partial charge is 0.435 e. The molecule has 1 aliphatic heterocycles. The lowest BCUT2D eigenvalue weighted by molar-refractivity contribution is -0.0441. The Morgan fingerprint density at radius 2 is 2.22 bits per heavy atom. The minimum absolute atomic E-state index is 0.313. The fourth-order valence-electron chi connectivity index (χ4n) is 2.75. The van der Waals surface area contributed by atoms with Crippen molar-refractivity contribution in [2.75, 3.05) is 13.2 Å². The van der Waals surface area contributed by atoms with Crippen LogP contribution in [0.2, 0.25) is 5.02 Å². The molecule has 1 aromatic carbocycles. The third-order valence-corrected chi connectivity index (χ3v) is 4.19. The molecule has 2 rings (SSSR count). The molecular formula is C18H25ClO4. The highest BCUT2D eigenvalue weighted by Gasteiger charge is 2.50. The second-order valence-corrected chi connectivity index (χ2v) is 6.61. The van der Waals surface area contributed by atoms with Crippen LogP contribution in [-0.4, -0.2) is 25.2 Å². The SMILES string of the molecule is CCOC(=O)OC1(CC(C)CCCCc2cccc(Cl)c2)CO1. The summed E-state index contributed by atoms with van der Waals surface area (Å²) in [5.74, 6) is -0.301. The number of halogens is 1. The molecule has 1 aliphatic rings. The van der Waals surface area contributed by atoms with Crippen LogP contribution < -0.4 is 0 Å². The largest absolute Gasteiger partial charge is 0.510 e. The van der Waals surface area contributed by atoms with Gasteiger partial charge in [-0.2, -0.15) is 0 Å². The fraction of sp³-hybridized carbons (Fsp3) is 0.611. The molecule has 4 nitrogen and oxygen atoms in total. The van der Waals surface area contributed by atoms with E-state index >= 15 is 0 Å². The second kappa shape index (κ2) is 8.55. The van der Waals surface area contributed by atoms with Gasteiger partial charge >= 0.3 is 6.16 Å². The molecular weight excluding hydrogens is 316 g/mol. The van der Waals surface area contributed by atoms with E-state index in [1.807, 2.05) is 18.2 Å². The number of rotatable bonds is 9. The van der Waals surface area contributed by atoms with Crippen LogP contribution in [0.3, 0.4) is 0 Å². The number of benzene rings is 1. The van der Waals surface area contributed by atoms with E-state index in [2.05, 4.69) is 13.0 Å². The van der Waals surface area contributed by atoms with Crippen LogP contribution in [0.25, 0.3) is 0 Å². The Kier molecular flexibility index (Phi) is 6.72. The molecule has 0 amide bonds. The summed E-state index contributed by atoms with van der Waals surface area (Å²) in [5, 5.41) is 0.791. The average molecular weight is 341 g/mol. The third-order valence-electron chi connectivity index (χ3n) is 3.96. The van der Waals surface area contributed by atoms with Crippen molar-refractivity contribution in [2.24, 2.45) is 5.92 Å². The Labute approximate surface area is 143 Å². The van der Waals surface area contributed by atoms with Crippen molar-refractivity contribution in [3.63, 3.8) is 0 Å². The van der Waals surface area contributed by atoms with Crippen molar-refractivity contribution in [2.45, 2.75) is 51.7 Å². The Balaban J connectivity index is 1.63. The maximum atomic E-state index is 11.4. The Hall–Kier alpha value is -1.26. The molecule has 0 saturated carbocycles. The molecule has 128 valence electrons. The van der Waals surface area contributed by atoms with Crippen LogP contribution in [0.4, 0.5) is 4.79 Å². The van der Waals surface area contributed by atoms with Crippen molar-refractivity contribution in [3.05, 3.63) is 34.9 Å². The van der Waals surface area contributed by atoms with Gasteiger partial charge in [-0.15, -0.1) is 0 Å². The first-order valence-electron chi connectivity index (χ1n) is 8.27. The Morgan fingerprint density at radius 3 is 2.87 bits per heavy atom. The molecule has 0 N–H and O–H groups in total. The number of carbonyl (C=O) groups is 1. The summed E-state index contributed by atoms with van der Waals surface area (Å²) in [6.07, 6.45) is 4.45. The van der Waals surface area contributed by atoms with Crippen molar-refractivity contribution >= 4 is 17.8 Å². The topological polar surface area (TPSA) is 48.1 Å². The normalized spacial score (nSPS) is 20.8. The molecule has 1 saturated heterocycles. The van der Waals surface area contributed by atoms with Gasteiger partial charge in [0.05, 0.1) is 6.61 Å². The number of carbonyl (C=O) groups excluding carboxylic acids is 1. The van der Waals surface area contributed by atoms with Crippen molar-refractivity contribution < 1.29 is 19.0 Å². The van der Waals surface area contributed by atoms with E-state index in [0.29, 0.717) is 19.1 Å². The van der Waals surface area contributed by atoms with Crippen LogP contribution in [0.1, 0.15) is 45.1 Å². The summed E-state index contributed by atoms with van der Waals surface area (Å²) in [6, 6.07) is 8.01. The molecule has 2 atom stereocenters. The maximum absolute atomic E-state index is 11.4. The van der Waals surface area contributed by atoms with Gasteiger partial charge in [-0.3, -0.25) is 0 Å². The summed E-state index contributed by atoms with van der Waals surface area (Å²) in [7, 11) is 0. The van der Waals surface area contributed by atoms with Gasteiger partial charge in [-0.25, -0.2) is 4.79 Å². The summed E-state index contributed by atoms with van der Waals surface area (Å²) < 4.78 is 15.4. The van der Waals surface area contributed by atoms with Crippen LogP contribution >= 0.6 is 11.6 Å². The van der Waals surface area contributed by atoms with Crippen LogP contribution in [-0.2, 0) is 20.6 Å². The lowest BCUT2D eigenvalue weighted by Gasteiger charge is -2.17.